The Labute approximate surface area is 342 Å². The zero-order valence-corrected chi connectivity index (χ0v) is 35.8. The first-order valence-corrected chi connectivity index (χ1v) is 19.8. The van der Waals surface area contributed by atoms with E-state index in [1.807, 2.05) is 75.6 Å². The van der Waals surface area contributed by atoms with Crippen LogP contribution in [0.5, 0.6) is 0 Å². The van der Waals surface area contributed by atoms with Gasteiger partial charge in [0.25, 0.3) is 0 Å². The number of benzene rings is 1. The predicted molar refractivity (Wildman–Crippen MR) is 219 cm³/mol. The highest BCUT2D eigenvalue weighted by molar-refractivity contribution is 5.87. The number of aromatic amines is 2. The van der Waals surface area contributed by atoms with Crippen molar-refractivity contribution < 1.29 is 28.7 Å². The van der Waals surface area contributed by atoms with Gasteiger partial charge < -0.3 is 39.9 Å². The predicted octanol–water partition coefficient (Wildman–Crippen LogP) is 5.91. The van der Waals surface area contributed by atoms with E-state index >= 15 is 0 Å². The van der Waals surface area contributed by atoms with Crippen LogP contribution in [0.3, 0.4) is 0 Å². The Hall–Kier alpha value is -5.76. The van der Waals surface area contributed by atoms with Gasteiger partial charge in [-0.3, -0.25) is 9.59 Å². The highest BCUT2D eigenvalue weighted by Crippen LogP contribution is 2.43. The molecule has 4 amide bonds. The summed E-state index contributed by atoms with van der Waals surface area (Å²) in [4.78, 5) is 71.8. The maximum absolute atomic E-state index is 13.8. The fourth-order valence-corrected chi connectivity index (χ4v) is 7.67. The van der Waals surface area contributed by atoms with E-state index < -0.39 is 24.3 Å². The van der Waals surface area contributed by atoms with Crippen LogP contribution in [0.25, 0.3) is 0 Å². The molecule has 0 spiro atoms. The van der Waals surface area contributed by atoms with Crippen LogP contribution in [-0.4, -0.2) is 93.1 Å². The molecule has 4 unspecified atom stereocenters. The number of rotatable bonds is 8. The molecular formula is C44H58N8O6. The van der Waals surface area contributed by atoms with Crippen LogP contribution in [0.4, 0.5) is 9.59 Å². The van der Waals surface area contributed by atoms with Crippen LogP contribution in [0.15, 0.2) is 24.3 Å². The van der Waals surface area contributed by atoms with E-state index in [1.165, 1.54) is 14.2 Å². The molecule has 4 heterocycles. The van der Waals surface area contributed by atoms with Crippen molar-refractivity contribution in [2.24, 2.45) is 22.7 Å². The molecule has 58 heavy (non-hydrogen) atoms. The van der Waals surface area contributed by atoms with Crippen LogP contribution >= 0.6 is 0 Å². The summed E-state index contributed by atoms with van der Waals surface area (Å²) in [6.07, 6.45) is 0.120. The minimum absolute atomic E-state index is 0.141. The summed E-state index contributed by atoms with van der Waals surface area (Å²) < 4.78 is 9.57. The molecule has 310 valence electrons. The Morgan fingerprint density at radius 1 is 0.672 bits per heavy atom. The third-order valence-corrected chi connectivity index (χ3v) is 10.8. The van der Waals surface area contributed by atoms with Crippen molar-refractivity contribution in [1.82, 2.24) is 40.4 Å². The van der Waals surface area contributed by atoms with Crippen molar-refractivity contribution in [3.63, 3.8) is 0 Å². The zero-order chi connectivity index (χ0) is 42.7. The monoisotopic (exact) mass is 794 g/mol. The standard InChI is InChI=1S/C44H58N8O6/c1-25(2)35(49-41(55)57-11)39(53)51-23-43(7,8)21-33(51)37-45-27(5)31(47-37)19-17-29-13-15-30(16-14-29)18-20-32-28(6)46-38(48-32)34-22-44(9,10)24-52(34)40(54)36(26(3)4)50-42(56)58-12/h13-16,25-26,33-36H,21-24H2,1-12H3,(H,45,47)(H,46,48)(H,49,55)(H,50,56). The van der Waals surface area contributed by atoms with Crippen LogP contribution in [-0.2, 0) is 19.1 Å². The lowest BCUT2D eigenvalue weighted by molar-refractivity contribution is -0.136. The second kappa shape index (κ2) is 17.4. The first kappa shape index (κ1) is 43.4. The minimum Gasteiger partial charge on any atom is -0.453 e. The van der Waals surface area contributed by atoms with Crippen molar-refractivity contribution in [3.05, 3.63) is 69.8 Å². The van der Waals surface area contributed by atoms with E-state index in [1.54, 1.807) is 0 Å². The maximum Gasteiger partial charge on any atom is 0.407 e. The number of nitrogens with one attached hydrogen (secondary N) is 4. The van der Waals surface area contributed by atoms with E-state index in [0.717, 1.165) is 22.5 Å². The molecule has 1 aromatic carbocycles. The molecule has 14 heteroatoms. The largest absolute Gasteiger partial charge is 0.453 e. The van der Waals surface area contributed by atoms with Crippen molar-refractivity contribution in [2.45, 2.75) is 106 Å². The average molecular weight is 795 g/mol. The van der Waals surface area contributed by atoms with Crippen LogP contribution in [0.2, 0.25) is 0 Å². The van der Waals surface area contributed by atoms with Gasteiger partial charge in [-0.2, -0.15) is 0 Å². The van der Waals surface area contributed by atoms with Gasteiger partial charge >= 0.3 is 12.2 Å². The number of H-pyrrole nitrogens is 2. The molecule has 2 aromatic heterocycles. The second-order valence-electron chi connectivity index (χ2n) is 17.7. The van der Waals surface area contributed by atoms with Gasteiger partial charge in [-0.25, -0.2) is 19.6 Å². The number of aryl methyl sites for hydroxylation is 2. The molecule has 14 nitrogen and oxygen atoms in total. The molecule has 2 fully saturated rings. The number of aromatic nitrogens is 4. The minimum atomic E-state index is -0.734. The van der Waals surface area contributed by atoms with Gasteiger partial charge in [-0.1, -0.05) is 67.2 Å². The molecule has 2 aliphatic rings. The molecule has 0 radical (unpaired) electrons. The first-order valence-electron chi connectivity index (χ1n) is 19.8. The van der Waals surface area contributed by atoms with Gasteiger partial charge in [0.05, 0.1) is 26.3 Å². The Balaban J connectivity index is 1.30. The number of carbonyl (C=O) groups excluding carboxylic acids is 4. The summed E-state index contributed by atoms with van der Waals surface area (Å²) in [6, 6.07) is 5.54. The summed E-state index contributed by atoms with van der Waals surface area (Å²) in [7, 11) is 2.57. The van der Waals surface area contributed by atoms with Gasteiger partial charge in [0.15, 0.2) is 0 Å². The van der Waals surface area contributed by atoms with Crippen molar-refractivity contribution in [2.75, 3.05) is 27.3 Å². The fourth-order valence-electron chi connectivity index (χ4n) is 7.67. The van der Waals surface area contributed by atoms with Gasteiger partial charge in [-0.15, -0.1) is 0 Å². The van der Waals surface area contributed by atoms with Gasteiger partial charge in [0, 0.05) is 35.6 Å². The average Bonchev–Trinajstić information content (AvgIpc) is 3.91. The van der Waals surface area contributed by atoms with Crippen LogP contribution in [0, 0.1) is 60.2 Å². The third kappa shape index (κ3) is 10.0. The molecule has 2 aliphatic heterocycles. The Morgan fingerprint density at radius 2 is 1.02 bits per heavy atom. The normalized spacial score (nSPS) is 19.1. The molecule has 0 saturated carbocycles. The first-order chi connectivity index (χ1) is 27.2. The Kier molecular flexibility index (Phi) is 13.0. The number of alkyl carbamates (subject to hydrolysis) is 2. The molecule has 3 aromatic rings. The lowest BCUT2D eigenvalue weighted by Gasteiger charge is -2.30. The van der Waals surface area contributed by atoms with Gasteiger partial charge in [0.1, 0.15) is 35.1 Å². The SMILES string of the molecule is COC(=O)NC(C(=O)N1CC(C)(C)CC1c1nc(C#Cc2ccc(C#Cc3nc(C4CC(C)(C)CN4C(=O)C(NC(=O)OC)C(C)C)[nH]c3C)cc2)c(C)[nH]1)C(C)C. The Bertz CT molecular complexity index is 1990. The fraction of sp³-hybridized carbons (Fsp3) is 0.545. The van der Waals surface area contributed by atoms with E-state index in [4.69, 9.17) is 19.4 Å². The van der Waals surface area contributed by atoms with E-state index in [0.29, 0.717) is 49.0 Å². The Morgan fingerprint density at radius 3 is 1.33 bits per heavy atom. The molecule has 0 bridgehead atoms. The number of methoxy groups -OCH3 is 2. The van der Waals surface area contributed by atoms with Crippen molar-refractivity contribution >= 4 is 24.0 Å². The highest BCUT2D eigenvalue weighted by atomic mass is 16.5. The van der Waals surface area contributed by atoms with E-state index in [-0.39, 0.29) is 46.6 Å². The summed E-state index contributed by atoms with van der Waals surface area (Å²) >= 11 is 0. The highest BCUT2D eigenvalue weighted by Gasteiger charge is 2.46. The van der Waals surface area contributed by atoms with Crippen LogP contribution < -0.4 is 10.6 Å². The van der Waals surface area contributed by atoms with Gasteiger partial charge in [0.2, 0.25) is 11.8 Å². The van der Waals surface area contributed by atoms with Gasteiger partial charge in [-0.05, 0) is 85.5 Å². The quantitative estimate of drug-likeness (QED) is 0.204. The zero-order valence-electron chi connectivity index (χ0n) is 35.8. The number of hydrogen-bond acceptors (Lipinski definition) is 8. The van der Waals surface area contributed by atoms with Crippen molar-refractivity contribution in [3.8, 4) is 23.7 Å². The number of carbonyl (C=O) groups is 4. The smallest absolute Gasteiger partial charge is 0.407 e. The molecule has 0 aliphatic carbocycles. The van der Waals surface area contributed by atoms with Crippen LogP contribution in [0.1, 0.15) is 126 Å². The lowest BCUT2D eigenvalue weighted by atomic mass is 9.90. The maximum atomic E-state index is 13.8. The summed E-state index contributed by atoms with van der Waals surface area (Å²) in [5.41, 5.74) is 4.06. The molecule has 2 saturated heterocycles. The topological polar surface area (TPSA) is 175 Å². The number of amides is 4. The third-order valence-electron chi connectivity index (χ3n) is 10.8. The summed E-state index contributed by atoms with van der Waals surface area (Å²) in [5.74, 6) is 13.5. The lowest BCUT2D eigenvalue weighted by Crippen LogP contribution is -2.51. The number of imidazole rings is 2. The van der Waals surface area contributed by atoms with E-state index in [9.17, 15) is 19.2 Å². The number of nitrogens with zero attached hydrogens (tertiary/aromatic N) is 4. The number of hydrogen-bond donors (Lipinski definition) is 4. The van der Waals surface area contributed by atoms with Crippen molar-refractivity contribution in [1.29, 1.82) is 0 Å². The molecule has 4 atom stereocenters. The summed E-state index contributed by atoms with van der Waals surface area (Å²) in [5, 5.41) is 5.41. The number of likely N-dealkylation sites (tertiary alicyclic amines) is 2. The second-order valence-corrected chi connectivity index (χ2v) is 17.7. The molecule has 5 rings (SSSR count). The van der Waals surface area contributed by atoms with E-state index in [2.05, 4.69) is 72.0 Å². The molecule has 4 N–H and O–H groups in total. The molecular weight excluding hydrogens is 737 g/mol. The summed E-state index contributed by atoms with van der Waals surface area (Å²) in [6.45, 7) is 20.9. The number of ether oxygens (including phenoxy) is 2.